The number of methoxy groups -OCH3 is 2. The van der Waals surface area contributed by atoms with Crippen molar-refractivity contribution in [1.29, 1.82) is 0 Å². The molecule has 1 N–H and O–H groups in total. The number of nitrogens with one attached hydrogen (secondary N) is 1. The van der Waals surface area contributed by atoms with Crippen LogP contribution in [0.1, 0.15) is 56.8 Å². The zero-order chi connectivity index (χ0) is 29.0. The maximum Gasteiger partial charge on any atom is 0.407 e. The van der Waals surface area contributed by atoms with Crippen molar-refractivity contribution in [2.24, 2.45) is 7.05 Å². The van der Waals surface area contributed by atoms with E-state index in [9.17, 15) is 9.59 Å². The molecule has 1 aromatic carbocycles. The number of pyridine rings is 1. The topological polar surface area (TPSA) is 110 Å². The van der Waals surface area contributed by atoms with Gasteiger partial charge in [0, 0.05) is 25.5 Å². The summed E-state index contributed by atoms with van der Waals surface area (Å²) in [6.45, 7) is 6.88. The summed E-state index contributed by atoms with van der Waals surface area (Å²) in [6.07, 6.45) is 3.38. The first-order chi connectivity index (χ1) is 19.0. The molecule has 0 aliphatic carbocycles. The largest absolute Gasteiger partial charge is 0.494 e. The maximum atomic E-state index is 12.2. The number of fused-ring (bicyclic) bond motifs is 2. The second-order valence-electron chi connectivity index (χ2n) is 10.6. The van der Waals surface area contributed by atoms with Crippen LogP contribution in [-0.2, 0) is 23.1 Å². The summed E-state index contributed by atoms with van der Waals surface area (Å²) >= 11 is 3.51. The van der Waals surface area contributed by atoms with Crippen LogP contribution in [0, 0.1) is 0 Å². The molecular weight excluding hydrogens is 578 g/mol. The average molecular weight is 615 g/mol. The highest BCUT2D eigenvalue weighted by molar-refractivity contribution is 9.10. The van der Waals surface area contributed by atoms with Crippen LogP contribution in [-0.4, -0.2) is 57.5 Å². The molecule has 40 heavy (non-hydrogen) atoms. The lowest BCUT2D eigenvalue weighted by Gasteiger charge is -2.19. The van der Waals surface area contributed by atoms with Crippen molar-refractivity contribution in [3.05, 3.63) is 40.5 Å². The van der Waals surface area contributed by atoms with Gasteiger partial charge < -0.3 is 28.7 Å². The van der Waals surface area contributed by atoms with Gasteiger partial charge in [0.25, 0.3) is 0 Å². The van der Waals surface area contributed by atoms with Crippen molar-refractivity contribution in [3.63, 3.8) is 0 Å². The van der Waals surface area contributed by atoms with Gasteiger partial charge in [-0.25, -0.2) is 19.6 Å². The minimum Gasteiger partial charge on any atom is -0.494 e. The summed E-state index contributed by atoms with van der Waals surface area (Å²) in [5, 5.41) is 3.82. The van der Waals surface area contributed by atoms with Gasteiger partial charge in [-0.1, -0.05) is 12.8 Å². The number of hydrogen-bond donors (Lipinski definition) is 1. The molecule has 0 spiro atoms. The molecule has 0 unspecified atom stereocenters. The Bertz CT molecular complexity index is 1540. The van der Waals surface area contributed by atoms with E-state index < -0.39 is 11.6 Å². The fourth-order valence-corrected chi connectivity index (χ4v) is 5.00. The van der Waals surface area contributed by atoms with Crippen LogP contribution >= 0.6 is 15.9 Å². The molecule has 11 heteroatoms. The van der Waals surface area contributed by atoms with Crippen LogP contribution in [0.15, 0.2) is 34.9 Å². The van der Waals surface area contributed by atoms with Gasteiger partial charge in [0.15, 0.2) is 5.82 Å². The number of ether oxygens (including phenoxy) is 3. The van der Waals surface area contributed by atoms with Crippen molar-refractivity contribution >= 4 is 50.1 Å². The first-order valence-electron chi connectivity index (χ1n) is 13.3. The number of hydrogen-bond acceptors (Lipinski definition) is 7. The number of carbonyl (C=O) groups excluding carboxylic acids is 2. The molecular formula is C29H36BrN5O5. The molecule has 4 aromatic rings. The number of alkyl carbamates (subject to hydrolysis) is 1. The standard InChI is InChI=1S/C29H36BrN5O5/c1-29(2,3)40-28(37)31-13-9-7-8-10-14-35-21(16-18-11-12-23(30)33-25(18)35)26-32-20-15-19(27(36)39-6)17-22(38-5)24(20)34(26)4/h11-12,15-17H,7-10,13-14H2,1-6H3,(H,31,37). The van der Waals surface area contributed by atoms with Crippen molar-refractivity contribution in [1.82, 2.24) is 24.4 Å². The van der Waals surface area contributed by atoms with Gasteiger partial charge in [-0.3, -0.25) is 0 Å². The van der Waals surface area contributed by atoms with Gasteiger partial charge in [-0.05, 0) is 79.9 Å². The second-order valence-corrected chi connectivity index (χ2v) is 11.4. The van der Waals surface area contributed by atoms with Crippen LogP contribution in [0.4, 0.5) is 4.79 Å². The van der Waals surface area contributed by atoms with Gasteiger partial charge in [0.2, 0.25) is 0 Å². The molecule has 0 radical (unpaired) electrons. The normalized spacial score (nSPS) is 11.7. The lowest BCUT2D eigenvalue weighted by molar-refractivity contribution is 0.0525. The number of benzene rings is 1. The lowest BCUT2D eigenvalue weighted by Crippen LogP contribution is -2.32. The number of aromatic nitrogens is 4. The molecule has 10 nitrogen and oxygen atoms in total. The number of amides is 1. The third-order valence-electron chi connectivity index (χ3n) is 6.49. The zero-order valence-electron chi connectivity index (χ0n) is 23.8. The van der Waals surface area contributed by atoms with Gasteiger partial charge in [0.05, 0.1) is 31.0 Å². The highest BCUT2D eigenvalue weighted by Crippen LogP contribution is 2.34. The fraction of sp³-hybridized carbons (Fsp3) is 0.448. The molecule has 0 aliphatic heterocycles. The molecule has 214 valence electrons. The van der Waals surface area contributed by atoms with Crippen molar-refractivity contribution in [3.8, 4) is 17.3 Å². The van der Waals surface area contributed by atoms with Gasteiger partial charge in [0.1, 0.15) is 27.1 Å². The molecule has 0 fully saturated rings. The molecule has 0 saturated heterocycles. The monoisotopic (exact) mass is 613 g/mol. The highest BCUT2D eigenvalue weighted by atomic mass is 79.9. The Morgan fingerprint density at radius 2 is 1.77 bits per heavy atom. The quantitative estimate of drug-likeness (QED) is 0.128. The van der Waals surface area contributed by atoms with E-state index in [-0.39, 0.29) is 6.09 Å². The van der Waals surface area contributed by atoms with E-state index in [1.54, 1.807) is 19.2 Å². The summed E-state index contributed by atoms with van der Waals surface area (Å²) in [5.74, 6) is 0.838. The SMILES string of the molecule is COC(=O)c1cc(OC)c2c(c1)nc(-c1cc3ccc(Br)nc3n1CCCCCCNC(=O)OC(C)(C)C)n2C. The number of unbranched alkanes of at least 4 members (excludes halogenated alkanes) is 3. The van der Waals surface area contributed by atoms with Crippen LogP contribution < -0.4 is 10.1 Å². The number of aryl methyl sites for hydroxylation is 2. The predicted octanol–water partition coefficient (Wildman–Crippen LogP) is 6.23. The van der Waals surface area contributed by atoms with Gasteiger partial charge >= 0.3 is 12.1 Å². The summed E-state index contributed by atoms with van der Waals surface area (Å²) in [4.78, 5) is 33.8. The average Bonchev–Trinajstić information content (AvgIpc) is 3.42. The molecule has 1 amide bonds. The van der Waals surface area contributed by atoms with E-state index in [0.29, 0.717) is 23.4 Å². The Kier molecular flexibility index (Phi) is 9.02. The number of carbonyl (C=O) groups is 2. The van der Waals surface area contributed by atoms with Crippen LogP contribution in [0.25, 0.3) is 33.6 Å². The number of nitrogens with zero attached hydrogens (tertiary/aromatic N) is 4. The first kappa shape index (κ1) is 29.4. The summed E-state index contributed by atoms with van der Waals surface area (Å²) < 4.78 is 20.8. The van der Waals surface area contributed by atoms with Gasteiger partial charge in [-0.2, -0.15) is 0 Å². The second kappa shape index (κ2) is 12.3. The lowest BCUT2D eigenvalue weighted by atomic mass is 10.2. The number of halogens is 1. The van der Waals surface area contributed by atoms with E-state index in [1.165, 1.54) is 7.11 Å². The van der Waals surface area contributed by atoms with E-state index >= 15 is 0 Å². The minimum atomic E-state index is -0.502. The zero-order valence-corrected chi connectivity index (χ0v) is 25.4. The van der Waals surface area contributed by atoms with E-state index in [2.05, 4.69) is 31.9 Å². The van der Waals surface area contributed by atoms with Crippen molar-refractivity contribution in [2.45, 2.75) is 58.6 Å². The highest BCUT2D eigenvalue weighted by Gasteiger charge is 2.22. The van der Waals surface area contributed by atoms with Crippen LogP contribution in [0.5, 0.6) is 5.75 Å². The maximum absolute atomic E-state index is 12.2. The molecule has 3 aromatic heterocycles. The molecule has 4 rings (SSSR count). The van der Waals surface area contributed by atoms with Gasteiger partial charge in [-0.15, -0.1) is 0 Å². The van der Waals surface area contributed by atoms with E-state index in [0.717, 1.165) is 64.9 Å². The molecule has 0 atom stereocenters. The smallest absolute Gasteiger partial charge is 0.407 e. The number of imidazole rings is 1. The van der Waals surface area contributed by atoms with Crippen LogP contribution in [0.2, 0.25) is 0 Å². The first-order valence-corrected chi connectivity index (χ1v) is 14.1. The minimum absolute atomic E-state index is 0.379. The van der Waals surface area contributed by atoms with Crippen molar-refractivity contribution < 1.29 is 23.8 Å². The summed E-state index contributed by atoms with van der Waals surface area (Å²) in [6, 6.07) is 9.45. The Hall–Kier alpha value is -3.60. The van der Waals surface area contributed by atoms with Crippen LogP contribution in [0.3, 0.4) is 0 Å². The summed E-state index contributed by atoms with van der Waals surface area (Å²) in [7, 11) is 4.86. The summed E-state index contributed by atoms with van der Waals surface area (Å²) in [5.41, 5.74) is 3.09. The Balaban J connectivity index is 1.55. The van der Waals surface area contributed by atoms with E-state index in [1.807, 2.05) is 44.5 Å². The molecule has 0 aliphatic rings. The molecule has 0 bridgehead atoms. The Labute approximate surface area is 242 Å². The Morgan fingerprint density at radius 3 is 2.48 bits per heavy atom. The molecule has 3 heterocycles. The Morgan fingerprint density at radius 1 is 1.02 bits per heavy atom. The predicted molar refractivity (Wildman–Crippen MR) is 158 cm³/mol. The fourth-order valence-electron chi connectivity index (χ4n) is 4.70. The number of rotatable bonds is 10. The molecule has 0 saturated carbocycles. The van der Waals surface area contributed by atoms with Crippen molar-refractivity contribution in [2.75, 3.05) is 20.8 Å². The third-order valence-corrected chi connectivity index (χ3v) is 6.93. The van der Waals surface area contributed by atoms with E-state index in [4.69, 9.17) is 24.2 Å². The third kappa shape index (κ3) is 6.57. The number of esters is 1.